The molecule has 2 heteroatoms. The number of anilines is 1. The number of para-hydroxylation sites is 1. The third kappa shape index (κ3) is 2.73. The van der Waals surface area contributed by atoms with Gasteiger partial charge in [0.05, 0.1) is 0 Å². The largest absolute Gasteiger partial charge is 0.381 e. The Hall–Kier alpha value is -0.630. The van der Waals surface area contributed by atoms with Crippen LogP contribution in [0.4, 0.5) is 5.69 Å². The molecule has 0 spiro atoms. The first-order chi connectivity index (χ1) is 7.81. The third-order valence-electron chi connectivity index (χ3n) is 3.56. The lowest BCUT2D eigenvalue weighted by Gasteiger charge is -2.31. The zero-order chi connectivity index (χ0) is 11.4. The van der Waals surface area contributed by atoms with Crippen molar-refractivity contribution in [3.05, 3.63) is 24.3 Å². The minimum atomic E-state index is 0.669. The van der Waals surface area contributed by atoms with Crippen molar-refractivity contribution in [1.82, 2.24) is 0 Å². The topological polar surface area (TPSA) is 12.0 Å². The summed E-state index contributed by atoms with van der Waals surface area (Å²) in [6.45, 7) is 2.37. The van der Waals surface area contributed by atoms with Gasteiger partial charge < -0.3 is 5.32 Å². The van der Waals surface area contributed by atoms with Crippen LogP contribution in [0.2, 0.25) is 0 Å². The van der Waals surface area contributed by atoms with Crippen molar-refractivity contribution in [3.8, 4) is 0 Å². The van der Waals surface area contributed by atoms with E-state index in [2.05, 4.69) is 42.8 Å². The first-order valence-corrected chi connectivity index (χ1v) is 7.43. The van der Waals surface area contributed by atoms with E-state index in [1.165, 1.54) is 36.3 Å². The molecule has 0 amide bonds. The lowest BCUT2D eigenvalue weighted by Crippen LogP contribution is -2.30. The SMILES string of the molecule is CSc1ccccc1NC1CCCCC1C. The van der Waals surface area contributed by atoms with E-state index in [0.717, 1.165) is 5.92 Å². The van der Waals surface area contributed by atoms with E-state index in [-0.39, 0.29) is 0 Å². The van der Waals surface area contributed by atoms with Crippen LogP contribution in [0.25, 0.3) is 0 Å². The summed E-state index contributed by atoms with van der Waals surface area (Å²) in [6, 6.07) is 9.30. The van der Waals surface area contributed by atoms with E-state index in [4.69, 9.17) is 0 Å². The summed E-state index contributed by atoms with van der Waals surface area (Å²) in [7, 11) is 0. The van der Waals surface area contributed by atoms with Crippen LogP contribution >= 0.6 is 11.8 Å². The molecule has 0 heterocycles. The summed E-state index contributed by atoms with van der Waals surface area (Å²) in [5.41, 5.74) is 1.31. The fraction of sp³-hybridized carbons (Fsp3) is 0.571. The average molecular weight is 235 g/mol. The van der Waals surface area contributed by atoms with Crippen molar-refractivity contribution >= 4 is 17.4 Å². The van der Waals surface area contributed by atoms with E-state index in [1.54, 1.807) is 0 Å². The molecule has 2 unspecified atom stereocenters. The molecule has 0 bridgehead atoms. The van der Waals surface area contributed by atoms with Gasteiger partial charge in [-0.3, -0.25) is 0 Å². The second kappa shape index (κ2) is 5.62. The smallest absolute Gasteiger partial charge is 0.0480 e. The molecule has 1 nitrogen and oxygen atoms in total. The number of hydrogen-bond acceptors (Lipinski definition) is 2. The normalized spacial score (nSPS) is 25.4. The molecule has 2 atom stereocenters. The van der Waals surface area contributed by atoms with Gasteiger partial charge in [-0.1, -0.05) is 31.9 Å². The van der Waals surface area contributed by atoms with Crippen molar-refractivity contribution in [2.24, 2.45) is 5.92 Å². The van der Waals surface area contributed by atoms with Gasteiger partial charge in [0.15, 0.2) is 0 Å². The molecular formula is C14H21NS. The number of nitrogens with one attached hydrogen (secondary N) is 1. The van der Waals surface area contributed by atoms with Crippen LogP contribution in [0, 0.1) is 5.92 Å². The Balaban J connectivity index is 2.07. The molecule has 2 rings (SSSR count). The van der Waals surface area contributed by atoms with E-state index in [0.29, 0.717) is 6.04 Å². The monoisotopic (exact) mass is 235 g/mol. The van der Waals surface area contributed by atoms with Crippen LogP contribution in [0.5, 0.6) is 0 Å². The molecule has 16 heavy (non-hydrogen) atoms. The van der Waals surface area contributed by atoms with Gasteiger partial charge in [-0.15, -0.1) is 11.8 Å². The minimum Gasteiger partial charge on any atom is -0.381 e. The van der Waals surface area contributed by atoms with Crippen molar-refractivity contribution in [3.63, 3.8) is 0 Å². The molecule has 0 radical (unpaired) electrons. The first kappa shape index (κ1) is 11.8. The van der Waals surface area contributed by atoms with E-state index < -0.39 is 0 Å². The van der Waals surface area contributed by atoms with Gasteiger partial charge >= 0.3 is 0 Å². The van der Waals surface area contributed by atoms with Gasteiger partial charge in [-0.2, -0.15) is 0 Å². The summed E-state index contributed by atoms with van der Waals surface area (Å²) in [6.07, 6.45) is 7.63. The lowest BCUT2D eigenvalue weighted by molar-refractivity contribution is 0.349. The second-order valence-corrected chi connectivity index (χ2v) is 5.56. The fourth-order valence-corrected chi connectivity index (χ4v) is 3.06. The van der Waals surface area contributed by atoms with Gasteiger partial charge in [-0.25, -0.2) is 0 Å². The molecule has 1 aromatic carbocycles. The Bertz CT molecular complexity index is 337. The summed E-state index contributed by atoms with van der Waals surface area (Å²) >= 11 is 1.82. The molecule has 1 N–H and O–H groups in total. The lowest BCUT2D eigenvalue weighted by atomic mass is 9.86. The summed E-state index contributed by atoms with van der Waals surface area (Å²) in [4.78, 5) is 1.36. The average Bonchev–Trinajstić information content (AvgIpc) is 2.33. The van der Waals surface area contributed by atoms with Gasteiger partial charge in [0.1, 0.15) is 0 Å². The molecule has 0 aromatic heterocycles. The summed E-state index contributed by atoms with van der Waals surface area (Å²) in [5, 5.41) is 3.73. The second-order valence-electron chi connectivity index (χ2n) is 4.71. The molecule has 1 saturated carbocycles. The highest BCUT2D eigenvalue weighted by Crippen LogP contribution is 2.30. The predicted octanol–water partition coefficient (Wildman–Crippen LogP) is 4.40. The van der Waals surface area contributed by atoms with Crippen molar-refractivity contribution in [2.45, 2.75) is 43.5 Å². The fourth-order valence-electron chi connectivity index (χ4n) is 2.49. The van der Waals surface area contributed by atoms with Gasteiger partial charge in [-0.05, 0) is 37.1 Å². The van der Waals surface area contributed by atoms with Crippen LogP contribution in [0.3, 0.4) is 0 Å². The molecule has 1 aliphatic rings. The van der Waals surface area contributed by atoms with Gasteiger partial charge in [0.25, 0.3) is 0 Å². The van der Waals surface area contributed by atoms with E-state index in [9.17, 15) is 0 Å². The maximum Gasteiger partial charge on any atom is 0.0480 e. The van der Waals surface area contributed by atoms with Crippen LogP contribution in [0.15, 0.2) is 29.2 Å². The zero-order valence-electron chi connectivity index (χ0n) is 10.2. The minimum absolute atomic E-state index is 0.669. The number of hydrogen-bond donors (Lipinski definition) is 1. The molecule has 1 fully saturated rings. The Morgan fingerprint density at radius 1 is 1.19 bits per heavy atom. The van der Waals surface area contributed by atoms with Crippen LogP contribution < -0.4 is 5.32 Å². The predicted molar refractivity (Wildman–Crippen MR) is 73.3 cm³/mol. The molecular weight excluding hydrogens is 214 g/mol. The Morgan fingerprint density at radius 3 is 2.69 bits per heavy atom. The number of rotatable bonds is 3. The Morgan fingerprint density at radius 2 is 1.94 bits per heavy atom. The Labute approximate surface area is 103 Å². The quantitative estimate of drug-likeness (QED) is 0.779. The highest BCUT2D eigenvalue weighted by atomic mass is 32.2. The van der Waals surface area contributed by atoms with E-state index in [1.807, 2.05) is 11.8 Å². The highest BCUT2D eigenvalue weighted by Gasteiger charge is 2.21. The third-order valence-corrected chi connectivity index (χ3v) is 4.36. The highest BCUT2D eigenvalue weighted by molar-refractivity contribution is 7.98. The molecule has 1 aromatic rings. The van der Waals surface area contributed by atoms with Gasteiger partial charge in [0.2, 0.25) is 0 Å². The maximum absolute atomic E-state index is 3.73. The first-order valence-electron chi connectivity index (χ1n) is 6.21. The number of benzene rings is 1. The molecule has 0 saturated heterocycles. The van der Waals surface area contributed by atoms with Crippen LogP contribution in [0.1, 0.15) is 32.6 Å². The van der Waals surface area contributed by atoms with Crippen molar-refractivity contribution in [2.75, 3.05) is 11.6 Å². The van der Waals surface area contributed by atoms with Crippen LogP contribution in [-0.2, 0) is 0 Å². The van der Waals surface area contributed by atoms with Crippen molar-refractivity contribution < 1.29 is 0 Å². The van der Waals surface area contributed by atoms with Crippen LogP contribution in [-0.4, -0.2) is 12.3 Å². The molecule has 1 aliphatic carbocycles. The zero-order valence-corrected chi connectivity index (χ0v) is 11.0. The summed E-state index contributed by atoms with van der Waals surface area (Å²) < 4.78 is 0. The molecule has 88 valence electrons. The standard InChI is InChI=1S/C14H21NS/c1-11-7-3-4-8-12(11)15-13-9-5-6-10-14(13)16-2/h5-6,9-12,15H,3-4,7-8H2,1-2H3. The molecule has 0 aliphatic heterocycles. The Kier molecular flexibility index (Phi) is 4.16. The maximum atomic E-state index is 3.73. The number of thioether (sulfide) groups is 1. The summed E-state index contributed by atoms with van der Waals surface area (Å²) in [5.74, 6) is 0.809. The van der Waals surface area contributed by atoms with E-state index >= 15 is 0 Å². The van der Waals surface area contributed by atoms with Crippen molar-refractivity contribution in [1.29, 1.82) is 0 Å². The van der Waals surface area contributed by atoms with Gasteiger partial charge in [0, 0.05) is 16.6 Å².